The standard InChI is InChI=1S/C12H16BrNO3S2/c1-7-6-10(18-12(7)13)19(15,16)14-9-4-5-17-11(9)8-2-3-8/h6,8-9,11,14H,2-5H2,1H3. The van der Waals surface area contributed by atoms with E-state index in [0.29, 0.717) is 16.7 Å². The van der Waals surface area contributed by atoms with E-state index in [1.165, 1.54) is 11.3 Å². The summed E-state index contributed by atoms with van der Waals surface area (Å²) in [6.45, 7) is 2.55. The van der Waals surface area contributed by atoms with Crippen LogP contribution in [0.1, 0.15) is 24.8 Å². The summed E-state index contributed by atoms with van der Waals surface area (Å²) in [7, 11) is -3.43. The van der Waals surface area contributed by atoms with Crippen molar-refractivity contribution < 1.29 is 13.2 Å². The van der Waals surface area contributed by atoms with Crippen LogP contribution in [0.3, 0.4) is 0 Å². The summed E-state index contributed by atoms with van der Waals surface area (Å²) in [4.78, 5) is 0. The van der Waals surface area contributed by atoms with Gasteiger partial charge in [-0.2, -0.15) is 0 Å². The predicted molar refractivity (Wildman–Crippen MR) is 77.9 cm³/mol. The van der Waals surface area contributed by atoms with Gasteiger partial charge in [0.05, 0.1) is 15.9 Å². The third kappa shape index (κ3) is 2.90. The number of hydrogen-bond acceptors (Lipinski definition) is 4. The Labute approximate surface area is 125 Å². The van der Waals surface area contributed by atoms with Crippen LogP contribution in [0.2, 0.25) is 0 Å². The first-order valence-electron chi connectivity index (χ1n) is 6.37. The normalized spacial score (nSPS) is 27.9. The maximum absolute atomic E-state index is 12.4. The topological polar surface area (TPSA) is 55.4 Å². The number of aryl methyl sites for hydroxylation is 1. The third-order valence-electron chi connectivity index (χ3n) is 3.63. The minimum atomic E-state index is -3.43. The van der Waals surface area contributed by atoms with Gasteiger partial charge in [0.15, 0.2) is 0 Å². The Balaban J connectivity index is 1.77. The fraction of sp³-hybridized carbons (Fsp3) is 0.667. The van der Waals surface area contributed by atoms with E-state index < -0.39 is 10.0 Å². The highest BCUT2D eigenvalue weighted by atomic mass is 79.9. The van der Waals surface area contributed by atoms with Gasteiger partial charge in [-0.15, -0.1) is 11.3 Å². The van der Waals surface area contributed by atoms with Crippen molar-refractivity contribution in [1.82, 2.24) is 4.72 Å². The van der Waals surface area contributed by atoms with Gasteiger partial charge in [-0.3, -0.25) is 0 Å². The van der Waals surface area contributed by atoms with Gasteiger partial charge in [0.2, 0.25) is 10.0 Å². The molecule has 2 heterocycles. The zero-order chi connectivity index (χ0) is 13.6. The molecule has 106 valence electrons. The van der Waals surface area contributed by atoms with Gasteiger partial charge in [-0.1, -0.05) is 0 Å². The van der Waals surface area contributed by atoms with Crippen LogP contribution in [0, 0.1) is 12.8 Å². The van der Waals surface area contributed by atoms with Gasteiger partial charge < -0.3 is 4.74 Å². The quantitative estimate of drug-likeness (QED) is 0.892. The van der Waals surface area contributed by atoms with E-state index in [4.69, 9.17) is 4.74 Å². The maximum Gasteiger partial charge on any atom is 0.250 e. The van der Waals surface area contributed by atoms with Gasteiger partial charge in [0.1, 0.15) is 4.21 Å². The molecule has 1 aromatic rings. The Kier molecular flexibility index (Phi) is 3.77. The fourth-order valence-corrected chi connectivity index (χ4v) is 5.97. The minimum absolute atomic E-state index is 0.0688. The van der Waals surface area contributed by atoms with Crippen molar-refractivity contribution in [3.05, 3.63) is 15.4 Å². The smallest absolute Gasteiger partial charge is 0.250 e. The SMILES string of the molecule is Cc1cc(S(=O)(=O)NC2CCOC2C2CC2)sc1Br. The van der Waals surface area contributed by atoms with Gasteiger partial charge in [-0.05, 0) is 59.7 Å². The van der Waals surface area contributed by atoms with Crippen LogP contribution >= 0.6 is 27.3 Å². The van der Waals surface area contributed by atoms with E-state index in [9.17, 15) is 8.42 Å². The van der Waals surface area contributed by atoms with Crippen molar-refractivity contribution in [3.8, 4) is 0 Å². The first kappa shape index (κ1) is 14.0. The van der Waals surface area contributed by atoms with Crippen LogP contribution in [-0.2, 0) is 14.8 Å². The highest BCUT2D eigenvalue weighted by molar-refractivity contribution is 9.11. The van der Waals surface area contributed by atoms with Crippen LogP contribution in [0.4, 0.5) is 0 Å². The monoisotopic (exact) mass is 365 g/mol. The average Bonchev–Trinajstić information content (AvgIpc) is 2.99. The van der Waals surface area contributed by atoms with E-state index in [0.717, 1.165) is 28.6 Å². The number of ether oxygens (including phenoxy) is 1. The van der Waals surface area contributed by atoms with Crippen LogP contribution in [0.15, 0.2) is 14.1 Å². The average molecular weight is 366 g/mol. The summed E-state index contributed by atoms with van der Waals surface area (Å²) >= 11 is 4.62. The van der Waals surface area contributed by atoms with Crippen LogP contribution < -0.4 is 4.72 Å². The number of thiophene rings is 1. The van der Waals surface area contributed by atoms with E-state index in [-0.39, 0.29) is 12.1 Å². The molecular formula is C12H16BrNO3S2. The second-order valence-corrected chi connectivity index (χ2v) is 9.52. The molecule has 0 bridgehead atoms. The van der Waals surface area contributed by atoms with Gasteiger partial charge in [0.25, 0.3) is 0 Å². The van der Waals surface area contributed by atoms with Crippen molar-refractivity contribution in [2.75, 3.05) is 6.61 Å². The van der Waals surface area contributed by atoms with Crippen molar-refractivity contribution in [2.45, 2.75) is 42.5 Å². The second kappa shape index (κ2) is 5.11. The zero-order valence-corrected chi connectivity index (χ0v) is 13.8. The molecule has 1 N–H and O–H groups in total. The molecule has 0 spiro atoms. The lowest BCUT2D eigenvalue weighted by molar-refractivity contribution is 0.0848. The highest BCUT2D eigenvalue weighted by Gasteiger charge is 2.42. The lowest BCUT2D eigenvalue weighted by Gasteiger charge is -2.18. The van der Waals surface area contributed by atoms with E-state index in [1.54, 1.807) is 6.07 Å². The molecule has 1 aromatic heterocycles. The molecular weight excluding hydrogens is 350 g/mol. The number of nitrogens with one attached hydrogen (secondary N) is 1. The Morgan fingerprint density at radius 3 is 2.74 bits per heavy atom. The molecule has 2 aliphatic rings. The molecule has 4 nitrogen and oxygen atoms in total. The van der Waals surface area contributed by atoms with E-state index in [2.05, 4.69) is 20.7 Å². The van der Waals surface area contributed by atoms with Gasteiger partial charge in [-0.25, -0.2) is 13.1 Å². The molecule has 2 fully saturated rings. The van der Waals surface area contributed by atoms with E-state index in [1.807, 2.05) is 6.92 Å². The molecule has 2 atom stereocenters. The van der Waals surface area contributed by atoms with Crippen molar-refractivity contribution >= 4 is 37.3 Å². The number of rotatable bonds is 4. The summed E-state index contributed by atoms with van der Waals surface area (Å²) in [5.41, 5.74) is 0.951. The summed E-state index contributed by atoms with van der Waals surface area (Å²) in [6.07, 6.45) is 3.16. The lowest BCUT2D eigenvalue weighted by atomic mass is 10.1. The molecule has 1 aliphatic heterocycles. The molecule has 0 amide bonds. The fourth-order valence-electron chi connectivity index (χ4n) is 2.45. The van der Waals surface area contributed by atoms with Crippen LogP contribution in [0.5, 0.6) is 0 Å². The molecule has 1 saturated heterocycles. The highest BCUT2D eigenvalue weighted by Crippen LogP contribution is 2.39. The third-order valence-corrected chi connectivity index (χ3v) is 7.73. The summed E-state index contributed by atoms with van der Waals surface area (Å²) in [5, 5.41) is 0. The van der Waals surface area contributed by atoms with E-state index >= 15 is 0 Å². The first-order chi connectivity index (χ1) is 8.97. The molecule has 2 unspecified atom stereocenters. The Hall–Kier alpha value is 0.0500. The van der Waals surface area contributed by atoms with Crippen molar-refractivity contribution in [3.63, 3.8) is 0 Å². The van der Waals surface area contributed by atoms with Gasteiger partial charge >= 0.3 is 0 Å². The number of sulfonamides is 1. The Morgan fingerprint density at radius 1 is 1.42 bits per heavy atom. The van der Waals surface area contributed by atoms with Crippen molar-refractivity contribution in [2.24, 2.45) is 5.92 Å². The van der Waals surface area contributed by atoms with Crippen LogP contribution in [-0.4, -0.2) is 27.2 Å². The second-order valence-electron chi connectivity index (χ2n) is 5.21. The van der Waals surface area contributed by atoms with Gasteiger partial charge in [0, 0.05) is 6.61 Å². The lowest BCUT2D eigenvalue weighted by Crippen LogP contribution is -2.41. The van der Waals surface area contributed by atoms with Crippen LogP contribution in [0.25, 0.3) is 0 Å². The number of hydrogen-bond donors (Lipinski definition) is 1. The zero-order valence-electron chi connectivity index (χ0n) is 10.6. The summed E-state index contributed by atoms with van der Waals surface area (Å²) in [5.74, 6) is 0.548. The minimum Gasteiger partial charge on any atom is -0.376 e. The molecule has 19 heavy (non-hydrogen) atoms. The molecule has 3 rings (SSSR count). The first-order valence-corrected chi connectivity index (χ1v) is 9.46. The molecule has 0 aromatic carbocycles. The summed E-state index contributed by atoms with van der Waals surface area (Å²) < 4.78 is 34.5. The Bertz CT molecular complexity index is 560. The van der Waals surface area contributed by atoms with Crippen molar-refractivity contribution in [1.29, 1.82) is 0 Å². The molecule has 0 radical (unpaired) electrons. The molecule has 1 aliphatic carbocycles. The maximum atomic E-state index is 12.4. The molecule has 7 heteroatoms. The molecule has 1 saturated carbocycles. The summed E-state index contributed by atoms with van der Waals surface area (Å²) in [6, 6.07) is 1.64. The predicted octanol–water partition coefficient (Wildman–Crippen LogP) is 2.66. The Morgan fingerprint density at radius 2 is 2.16 bits per heavy atom. The largest absolute Gasteiger partial charge is 0.376 e. The number of halogens is 1.